The number of ether oxygens (including phenoxy) is 1. The van der Waals surface area contributed by atoms with Gasteiger partial charge in [-0.3, -0.25) is 9.59 Å². The fraction of sp³-hybridized carbons (Fsp3) is 0.789. The summed E-state index contributed by atoms with van der Waals surface area (Å²) in [6.45, 7) is 4.91. The third kappa shape index (κ3) is 3.10. The molecule has 134 valence electrons. The van der Waals surface area contributed by atoms with Crippen LogP contribution >= 0.6 is 0 Å². The van der Waals surface area contributed by atoms with Gasteiger partial charge in [0, 0.05) is 38.7 Å². The molecule has 1 spiro atoms. The van der Waals surface area contributed by atoms with Gasteiger partial charge in [0.15, 0.2) is 0 Å². The first-order valence-corrected chi connectivity index (χ1v) is 9.25. The molecule has 1 aliphatic carbocycles. The summed E-state index contributed by atoms with van der Waals surface area (Å²) in [5.41, 5.74) is -0.278. The average molecular weight is 334 g/mol. The monoisotopic (exact) mass is 334 g/mol. The van der Waals surface area contributed by atoms with Gasteiger partial charge in [0.1, 0.15) is 0 Å². The van der Waals surface area contributed by atoms with Crippen molar-refractivity contribution in [1.82, 2.24) is 9.80 Å². The zero-order chi connectivity index (χ0) is 17.2. The summed E-state index contributed by atoms with van der Waals surface area (Å²) in [5.74, 6) is 0.547. The van der Waals surface area contributed by atoms with Gasteiger partial charge in [-0.2, -0.15) is 0 Å². The summed E-state index contributed by atoms with van der Waals surface area (Å²) < 4.78 is 5.17. The number of rotatable bonds is 4. The first-order valence-electron chi connectivity index (χ1n) is 9.25. The molecule has 0 aromatic rings. The number of carbonyl (C=O) groups is 2. The number of carbonyl (C=O) groups excluding carboxylic acids is 2. The van der Waals surface area contributed by atoms with Gasteiger partial charge in [-0.15, -0.1) is 0 Å². The number of hydrogen-bond donors (Lipinski definition) is 0. The van der Waals surface area contributed by atoms with Gasteiger partial charge in [-0.25, -0.2) is 0 Å². The van der Waals surface area contributed by atoms with E-state index < -0.39 is 0 Å². The number of likely N-dealkylation sites (tertiary alicyclic amines) is 2. The van der Waals surface area contributed by atoms with Crippen molar-refractivity contribution in [3.8, 4) is 0 Å². The Morgan fingerprint density at radius 2 is 1.96 bits per heavy atom. The van der Waals surface area contributed by atoms with E-state index in [4.69, 9.17) is 4.74 Å². The molecule has 0 N–H and O–H groups in total. The molecule has 1 unspecified atom stereocenters. The summed E-state index contributed by atoms with van der Waals surface area (Å²) in [7, 11) is 1.67. The maximum Gasteiger partial charge on any atom is 0.228 e. The first kappa shape index (κ1) is 17.5. The van der Waals surface area contributed by atoms with E-state index in [0.717, 1.165) is 51.6 Å². The Morgan fingerprint density at radius 3 is 2.58 bits per heavy atom. The first-order chi connectivity index (χ1) is 11.5. The van der Waals surface area contributed by atoms with Crippen molar-refractivity contribution in [1.29, 1.82) is 0 Å². The van der Waals surface area contributed by atoms with Crippen LogP contribution in [0.5, 0.6) is 0 Å². The highest BCUT2D eigenvalue weighted by molar-refractivity contribution is 5.83. The maximum atomic E-state index is 13.0. The Morgan fingerprint density at radius 1 is 1.21 bits per heavy atom. The van der Waals surface area contributed by atoms with Crippen LogP contribution in [0.15, 0.2) is 12.2 Å². The molecule has 0 saturated carbocycles. The van der Waals surface area contributed by atoms with Crippen molar-refractivity contribution in [2.24, 2.45) is 5.41 Å². The van der Waals surface area contributed by atoms with Crippen LogP contribution in [0.25, 0.3) is 0 Å². The van der Waals surface area contributed by atoms with Gasteiger partial charge in [0.25, 0.3) is 0 Å². The minimum atomic E-state index is -0.236. The standard InChI is InChI=1S/C19H30N2O3/c1-18(7-4-3-5-8-18)17(23)20-12-10-19(11-13-20)9-6-16(22)21(19)14-15-24-2/h3-4H,5-15H2,1-2H3. The number of allylic oxidation sites excluding steroid dienone is 2. The third-order valence-corrected chi connectivity index (χ3v) is 6.29. The zero-order valence-electron chi connectivity index (χ0n) is 15.1. The van der Waals surface area contributed by atoms with Crippen LogP contribution in [0.4, 0.5) is 0 Å². The van der Waals surface area contributed by atoms with Gasteiger partial charge in [0.05, 0.1) is 12.0 Å². The fourth-order valence-corrected chi connectivity index (χ4v) is 4.61. The SMILES string of the molecule is COCCN1C(=O)CCC12CCN(C(=O)C1(C)CC=CCC1)CC2. The van der Waals surface area contributed by atoms with Crippen molar-refractivity contribution in [2.45, 2.75) is 57.4 Å². The Kier molecular flexibility index (Phi) is 5.00. The van der Waals surface area contributed by atoms with Crippen molar-refractivity contribution in [3.63, 3.8) is 0 Å². The van der Waals surface area contributed by atoms with Gasteiger partial charge < -0.3 is 14.5 Å². The van der Waals surface area contributed by atoms with Gasteiger partial charge in [0.2, 0.25) is 11.8 Å². The minimum Gasteiger partial charge on any atom is -0.383 e. The minimum absolute atomic E-state index is 0.0419. The molecule has 0 radical (unpaired) electrons. The number of amides is 2. The van der Waals surface area contributed by atoms with Gasteiger partial charge >= 0.3 is 0 Å². The van der Waals surface area contributed by atoms with Crippen LogP contribution in [0.1, 0.15) is 51.9 Å². The smallest absolute Gasteiger partial charge is 0.228 e. The summed E-state index contributed by atoms with van der Waals surface area (Å²) >= 11 is 0. The second-order valence-corrected chi connectivity index (χ2v) is 7.83. The largest absolute Gasteiger partial charge is 0.383 e. The number of piperidine rings is 1. The molecule has 1 atom stereocenters. The average Bonchev–Trinajstić information content (AvgIpc) is 2.89. The van der Waals surface area contributed by atoms with E-state index in [1.807, 2.05) is 9.80 Å². The van der Waals surface area contributed by atoms with E-state index >= 15 is 0 Å². The molecule has 2 heterocycles. The van der Waals surface area contributed by atoms with Gasteiger partial charge in [-0.1, -0.05) is 19.1 Å². The van der Waals surface area contributed by atoms with Crippen molar-refractivity contribution in [2.75, 3.05) is 33.4 Å². The summed E-state index contributed by atoms with van der Waals surface area (Å²) in [6, 6.07) is 0. The summed E-state index contributed by atoms with van der Waals surface area (Å²) in [5, 5.41) is 0. The van der Waals surface area contributed by atoms with Crippen LogP contribution < -0.4 is 0 Å². The zero-order valence-corrected chi connectivity index (χ0v) is 15.1. The van der Waals surface area contributed by atoms with Gasteiger partial charge in [-0.05, 0) is 38.5 Å². The molecule has 0 aromatic heterocycles. The highest BCUT2D eigenvalue weighted by Crippen LogP contribution is 2.41. The second-order valence-electron chi connectivity index (χ2n) is 7.83. The number of nitrogens with zero attached hydrogens (tertiary/aromatic N) is 2. The molecule has 3 aliphatic rings. The van der Waals surface area contributed by atoms with E-state index in [1.165, 1.54) is 0 Å². The Balaban J connectivity index is 1.63. The van der Waals surface area contributed by atoms with Crippen molar-refractivity contribution in [3.05, 3.63) is 12.2 Å². The molecule has 2 saturated heterocycles. The van der Waals surface area contributed by atoms with Crippen molar-refractivity contribution < 1.29 is 14.3 Å². The molecule has 0 bridgehead atoms. The maximum absolute atomic E-state index is 13.0. The molecular weight excluding hydrogens is 304 g/mol. The number of hydrogen-bond acceptors (Lipinski definition) is 3. The predicted octanol–water partition coefficient (Wildman–Crippen LogP) is 2.36. The third-order valence-electron chi connectivity index (χ3n) is 6.29. The quantitative estimate of drug-likeness (QED) is 0.742. The lowest BCUT2D eigenvalue weighted by Crippen LogP contribution is -2.56. The Bertz CT molecular complexity index is 523. The highest BCUT2D eigenvalue weighted by Gasteiger charge is 2.48. The van der Waals surface area contributed by atoms with E-state index in [0.29, 0.717) is 25.5 Å². The van der Waals surface area contributed by atoms with E-state index in [-0.39, 0.29) is 16.9 Å². The predicted molar refractivity (Wildman–Crippen MR) is 92.5 cm³/mol. The van der Waals surface area contributed by atoms with E-state index in [9.17, 15) is 9.59 Å². The molecule has 5 heteroatoms. The topological polar surface area (TPSA) is 49.9 Å². The number of methoxy groups -OCH3 is 1. The lowest BCUT2D eigenvalue weighted by molar-refractivity contribution is -0.145. The Hall–Kier alpha value is -1.36. The van der Waals surface area contributed by atoms with Crippen molar-refractivity contribution >= 4 is 11.8 Å². The molecule has 5 nitrogen and oxygen atoms in total. The summed E-state index contributed by atoms with van der Waals surface area (Å²) in [4.78, 5) is 29.3. The molecule has 0 aromatic carbocycles. The normalized spacial score (nSPS) is 29.5. The Labute approximate surface area is 145 Å². The van der Waals surface area contributed by atoms with E-state index in [1.54, 1.807) is 7.11 Å². The van der Waals surface area contributed by atoms with E-state index in [2.05, 4.69) is 19.1 Å². The lowest BCUT2D eigenvalue weighted by Gasteiger charge is -2.46. The van der Waals surface area contributed by atoms with Crippen LogP contribution in [-0.4, -0.2) is 60.5 Å². The van der Waals surface area contributed by atoms with Crippen LogP contribution in [-0.2, 0) is 14.3 Å². The van der Waals surface area contributed by atoms with Crippen LogP contribution in [0.2, 0.25) is 0 Å². The van der Waals surface area contributed by atoms with Crippen LogP contribution in [0, 0.1) is 5.41 Å². The molecule has 2 fully saturated rings. The molecule has 2 amide bonds. The van der Waals surface area contributed by atoms with Crippen LogP contribution in [0.3, 0.4) is 0 Å². The molecule has 3 rings (SSSR count). The molecular formula is C19H30N2O3. The molecule has 2 aliphatic heterocycles. The second kappa shape index (κ2) is 6.87. The fourth-order valence-electron chi connectivity index (χ4n) is 4.61. The highest BCUT2D eigenvalue weighted by atomic mass is 16.5. The summed E-state index contributed by atoms with van der Waals surface area (Å²) in [6.07, 6.45) is 10.5. The molecule has 24 heavy (non-hydrogen) atoms. The lowest BCUT2D eigenvalue weighted by atomic mass is 9.76.